The van der Waals surface area contributed by atoms with Gasteiger partial charge >= 0.3 is 0 Å². The molecule has 0 saturated heterocycles. The van der Waals surface area contributed by atoms with Gasteiger partial charge in [-0.2, -0.15) is 0 Å². The van der Waals surface area contributed by atoms with Gasteiger partial charge in [0.25, 0.3) is 0 Å². The molecular formula is C14H14N4O2. The lowest BCUT2D eigenvalue weighted by Crippen LogP contribution is -2.19. The number of pyridine rings is 1. The Balaban J connectivity index is 1.94. The van der Waals surface area contributed by atoms with Crippen molar-refractivity contribution in [3.63, 3.8) is 0 Å². The summed E-state index contributed by atoms with van der Waals surface area (Å²) in [5.74, 6) is 0.580. The second-order valence-electron chi connectivity index (χ2n) is 4.40. The number of fused-ring (bicyclic) bond motifs is 1. The van der Waals surface area contributed by atoms with Crippen LogP contribution >= 0.6 is 0 Å². The highest BCUT2D eigenvalue weighted by Crippen LogP contribution is 2.34. The number of benzene rings is 1. The van der Waals surface area contributed by atoms with E-state index in [2.05, 4.69) is 21.2 Å². The molecule has 102 valence electrons. The number of hydrogen-bond acceptors (Lipinski definition) is 5. The van der Waals surface area contributed by atoms with E-state index < -0.39 is 0 Å². The van der Waals surface area contributed by atoms with Crippen molar-refractivity contribution in [1.29, 1.82) is 0 Å². The fourth-order valence-corrected chi connectivity index (χ4v) is 2.25. The van der Waals surface area contributed by atoms with E-state index in [1.807, 2.05) is 30.3 Å². The average molecular weight is 270 g/mol. The quantitative estimate of drug-likeness (QED) is 0.737. The summed E-state index contributed by atoms with van der Waals surface area (Å²) in [5, 5.41) is 2.66. The Morgan fingerprint density at radius 1 is 1.35 bits per heavy atom. The molecule has 0 radical (unpaired) electrons. The molecule has 2 aromatic rings. The molecule has 3 N–H and O–H groups in total. The van der Waals surface area contributed by atoms with Crippen molar-refractivity contribution in [3.8, 4) is 5.88 Å². The van der Waals surface area contributed by atoms with Crippen LogP contribution in [0.4, 0.5) is 11.4 Å². The number of amides is 1. The lowest BCUT2D eigenvalue weighted by molar-refractivity contribution is -0.105. The number of rotatable bonds is 4. The van der Waals surface area contributed by atoms with Gasteiger partial charge in [0.1, 0.15) is 0 Å². The summed E-state index contributed by atoms with van der Waals surface area (Å²) in [6.45, 7) is 0. The zero-order valence-electron chi connectivity index (χ0n) is 10.9. The topological polar surface area (TPSA) is 75.3 Å². The van der Waals surface area contributed by atoms with Crippen molar-refractivity contribution in [1.82, 2.24) is 10.4 Å². The molecule has 20 heavy (non-hydrogen) atoms. The van der Waals surface area contributed by atoms with Crippen LogP contribution in [0.25, 0.3) is 0 Å². The first-order chi connectivity index (χ1) is 9.81. The van der Waals surface area contributed by atoms with Crippen LogP contribution in [0.3, 0.4) is 0 Å². The Hall–Kier alpha value is -2.60. The minimum Gasteiger partial charge on any atom is -0.481 e. The van der Waals surface area contributed by atoms with Crippen molar-refractivity contribution in [3.05, 3.63) is 47.7 Å². The zero-order valence-corrected chi connectivity index (χ0v) is 10.9. The highest BCUT2D eigenvalue weighted by atomic mass is 16.5. The molecule has 0 saturated carbocycles. The van der Waals surface area contributed by atoms with Crippen LogP contribution in [0.5, 0.6) is 5.88 Å². The molecule has 1 aromatic heterocycles. The van der Waals surface area contributed by atoms with Gasteiger partial charge in [-0.05, 0) is 23.8 Å². The second kappa shape index (κ2) is 5.18. The lowest BCUT2D eigenvalue weighted by Gasteiger charge is -2.12. The smallest absolute Gasteiger partial charge is 0.212 e. The van der Waals surface area contributed by atoms with Crippen molar-refractivity contribution in [2.75, 3.05) is 17.9 Å². The number of nitrogens with zero attached hydrogens (tertiary/aromatic N) is 1. The van der Waals surface area contributed by atoms with Crippen molar-refractivity contribution in [2.45, 2.75) is 6.04 Å². The van der Waals surface area contributed by atoms with Crippen molar-refractivity contribution in [2.24, 2.45) is 0 Å². The number of carbonyl (C=O) groups is 1. The van der Waals surface area contributed by atoms with E-state index in [9.17, 15) is 4.79 Å². The number of ether oxygens (including phenoxy) is 1. The van der Waals surface area contributed by atoms with Crippen LogP contribution in [0.15, 0.2) is 36.5 Å². The fraction of sp³-hybridized carbons (Fsp3) is 0.143. The van der Waals surface area contributed by atoms with Gasteiger partial charge in [-0.1, -0.05) is 6.07 Å². The van der Waals surface area contributed by atoms with E-state index in [-0.39, 0.29) is 6.04 Å². The minimum absolute atomic E-state index is 0.0168. The maximum Gasteiger partial charge on any atom is 0.212 e. The van der Waals surface area contributed by atoms with Crippen LogP contribution in [0, 0.1) is 0 Å². The summed E-state index contributed by atoms with van der Waals surface area (Å²) < 4.78 is 5.06. The van der Waals surface area contributed by atoms with E-state index in [0.717, 1.165) is 22.5 Å². The number of anilines is 2. The molecule has 1 aliphatic heterocycles. The Morgan fingerprint density at radius 3 is 2.95 bits per heavy atom. The molecule has 1 unspecified atom stereocenters. The Kier molecular flexibility index (Phi) is 3.22. The van der Waals surface area contributed by atoms with Gasteiger partial charge in [0.2, 0.25) is 12.3 Å². The Morgan fingerprint density at radius 2 is 2.25 bits per heavy atom. The molecule has 0 aliphatic carbocycles. The lowest BCUT2D eigenvalue weighted by atomic mass is 10.0. The van der Waals surface area contributed by atoms with Gasteiger partial charge < -0.3 is 15.5 Å². The summed E-state index contributed by atoms with van der Waals surface area (Å²) in [5.41, 5.74) is 10.1. The highest BCUT2D eigenvalue weighted by Gasteiger charge is 2.23. The minimum atomic E-state index is -0.0168. The third-order valence-electron chi connectivity index (χ3n) is 3.24. The number of carbonyl (C=O) groups excluding carboxylic acids is 1. The molecule has 6 heteroatoms. The van der Waals surface area contributed by atoms with Crippen molar-refractivity contribution >= 4 is 17.8 Å². The van der Waals surface area contributed by atoms with Gasteiger partial charge in [-0.25, -0.2) is 10.4 Å². The monoisotopic (exact) mass is 270 g/mol. The first kappa shape index (κ1) is 12.4. The van der Waals surface area contributed by atoms with E-state index >= 15 is 0 Å². The summed E-state index contributed by atoms with van der Waals surface area (Å²) >= 11 is 0. The average Bonchev–Trinajstić information content (AvgIpc) is 2.91. The largest absolute Gasteiger partial charge is 0.481 e. The molecule has 2 heterocycles. The maximum atomic E-state index is 10.5. The van der Waals surface area contributed by atoms with Crippen LogP contribution in [0.1, 0.15) is 17.2 Å². The SMILES string of the molecule is COc1ccc(C2NNc3ccc(NC=O)cc32)cn1. The molecule has 0 bridgehead atoms. The Labute approximate surface area is 116 Å². The molecule has 1 amide bonds. The molecule has 6 nitrogen and oxygen atoms in total. The summed E-state index contributed by atoms with van der Waals surface area (Å²) in [7, 11) is 1.59. The first-order valence-electron chi connectivity index (χ1n) is 6.17. The second-order valence-corrected chi connectivity index (χ2v) is 4.40. The van der Waals surface area contributed by atoms with Crippen LogP contribution < -0.4 is 20.9 Å². The summed E-state index contributed by atoms with van der Waals surface area (Å²) in [6, 6.07) is 9.47. The van der Waals surface area contributed by atoms with Crippen molar-refractivity contribution < 1.29 is 9.53 Å². The highest BCUT2D eigenvalue weighted by molar-refractivity contribution is 5.74. The van der Waals surface area contributed by atoms with E-state index in [4.69, 9.17) is 4.74 Å². The predicted molar refractivity (Wildman–Crippen MR) is 75.5 cm³/mol. The van der Waals surface area contributed by atoms with Crippen LogP contribution in [-0.4, -0.2) is 18.5 Å². The van der Waals surface area contributed by atoms with E-state index in [0.29, 0.717) is 12.3 Å². The molecule has 0 fully saturated rings. The number of hydrazine groups is 1. The molecule has 1 aliphatic rings. The summed E-state index contributed by atoms with van der Waals surface area (Å²) in [4.78, 5) is 14.7. The molecule has 0 spiro atoms. The van der Waals surface area contributed by atoms with Gasteiger partial charge in [0.15, 0.2) is 0 Å². The first-order valence-corrected chi connectivity index (χ1v) is 6.17. The molecule has 1 aromatic carbocycles. The third-order valence-corrected chi connectivity index (χ3v) is 3.24. The standard InChI is InChI=1S/C14H14N4O2/c1-20-13-5-2-9(7-15-13)14-11-6-10(16-8-19)3-4-12(11)17-18-14/h2-8,14,17-18H,1H3,(H,16,19). The van der Waals surface area contributed by atoms with Gasteiger partial charge in [0.05, 0.1) is 18.8 Å². The van der Waals surface area contributed by atoms with Gasteiger partial charge in [0, 0.05) is 23.5 Å². The van der Waals surface area contributed by atoms with Gasteiger partial charge in [-0.15, -0.1) is 0 Å². The maximum absolute atomic E-state index is 10.5. The predicted octanol–water partition coefficient (Wildman–Crippen LogP) is 1.68. The normalized spacial score (nSPS) is 16.1. The van der Waals surface area contributed by atoms with E-state index in [1.165, 1.54) is 0 Å². The Bertz CT molecular complexity index is 628. The molecule has 3 rings (SSSR count). The molecule has 1 atom stereocenters. The fourth-order valence-electron chi connectivity index (χ4n) is 2.25. The number of hydrogen-bond donors (Lipinski definition) is 3. The number of aromatic nitrogens is 1. The number of methoxy groups -OCH3 is 1. The zero-order chi connectivity index (χ0) is 13.9. The van der Waals surface area contributed by atoms with Crippen LogP contribution in [-0.2, 0) is 4.79 Å². The number of nitrogens with one attached hydrogen (secondary N) is 3. The van der Waals surface area contributed by atoms with Crippen LogP contribution in [0.2, 0.25) is 0 Å². The molecular weight excluding hydrogens is 256 g/mol. The third kappa shape index (κ3) is 2.17. The summed E-state index contributed by atoms with van der Waals surface area (Å²) in [6.07, 6.45) is 2.44. The van der Waals surface area contributed by atoms with E-state index in [1.54, 1.807) is 13.3 Å². The van der Waals surface area contributed by atoms with Gasteiger partial charge in [-0.3, -0.25) is 4.79 Å².